The maximum atomic E-state index is 12.3. The van der Waals surface area contributed by atoms with Gasteiger partial charge in [0.15, 0.2) is 0 Å². The number of benzene rings is 2. The van der Waals surface area contributed by atoms with E-state index in [-0.39, 0.29) is 11.6 Å². The Morgan fingerprint density at radius 2 is 1.96 bits per heavy atom. The van der Waals surface area contributed by atoms with Crippen LogP contribution in [0.1, 0.15) is 23.0 Å². The van der Waals surface area contributed by atoms with E-state index in [0.29, 0.717) is 22.3 Å². The number of amides is 1. The number of para-hydroxylation sites is 1. The summed E-state index contributed by atoms with van der Waals surface area (Å²) in [4.78, 5) is 20.8. The molecule has 0 saturated carbocycles. The van der Waals surface area contributed by atoms with Gasteiger partial charge in [0.1, 0.15) is 17.3 Å². The minimum atomic E-state index is -0.371. The lowest BCUT2D eigenvalue weighted by Crippen LogP contribution is -2.14. The maximum absolute atomic E-state index is 12.3. The number of rotatable bonds is 6. The molecule has 0 aliphatic rings. The molecule has 0 aliphatic carbocycles. The van der Waals surface area contributed by atoms with Gasteiger partial charge in [-0.1, -0.05) is 36.7 Å². The lowest BCUT2D eigenvalue weighted by Gasteiger charge is -2.10. The Hall–Kier alpha value is -3.12. The van der Waals surface area contributed by atoms with Crippen molar-refractivity contribution in [1.29, 1.82) is 0 Å². The fourth-order valence-corrected chi connectivity index (χ4v) is 2.80. The molecule has 138 valence electrons. The van der Waals surface area contributed by atoms with Crippen LogP contribution in [0, 0.1) is 0 Å². The summed E-state index contributed by atoms with van der Waals surface area (Å²) in [5, 5.41) is 6.37. The number of nitrogens with one attached hydrogen (secondary N) is 2. The summed E-state index contributed by atoms with van der Waals surface area (Å²) in [5.74, 6) is 0.737. The Bertz CT molecular complexity index is 945. The van der Waals surface area contributed by atoms with E-state index >= 15 is 0 Å². The molecule has 0 spiro atoms. The van der Waals surface area contributed by atoms with Crippen molar-refractivity contribution in [2.45, 2.75) is 13.3 Å². The summed E-state index contributed by atoms with van der Waals surface area (Å²) >= 11 is 6.07. The van der Waals surface area contributed by atoms with Gasteiger partial charge in [-0.2, -0.15) is 0 Å². The second kappa shape index (κ2) is 8.51. The van der Waals surface area contributed by atoms with Crippen molar-refractivity contribution in [3.8, 4) is 5.75 Å². The third kappa shape index (κ3) is 4.54. The highest BCUT2D eigenvalue weighted by Crippen LogP contribution is 2.27. The molecule has 0 unspecified atom stereocenters. The van der Waals surface area contributed by atoms with Gasteiger partial charge in [0.05, 0.1) is 24.5 Å². The standard InChI is InChI=1S/C20H19ClN4O2/c1-3-13-6-4-5-7-16(13)25-19-12-22-17(11-23-19)20(26)24-14-8-9-18(27-2)15(21)10-14/h4-12H,3H2,1-2H3,(H,23,25)(H,24,26). The van der Waals surface area contributed by atoms with E-state index in [9.17, 15) is 4.79 Å². The quantitative estimate of drug-likeness (QED) is 0.646. The van der Waals surface area contributed by atoms with Crippen LogP contribution in [0.2, 0.25) is 5.02 Å². The van der Waals surface area contributed by atoms with E-state index in [0.717, 1.165) is 12.1 Å². The SMILES string of the molecule is CCc1ccccc1Nc1cnc(C(=O)Nc2ccc(OC)c(Cl)c2)cn1. The molecule has 1 aromatic heterocycles. The van der Waals surface area contributed by atoms with E-state index in [2.05, 4.69) is 33.6 Å². The first kappa shape index (κ1) is 18.7. The van der Waals surface area contributed by atoms with Crippen LogP contribution in [-0.4, -0.2) is 23.0 Å². The zero-order valence-electron chi connectivity index (χ0n) is 15.0. The number of ether oxygens (including phenoxy) is 1. The van der Waals surface area contributed by atoms with Gasteiger partial charge < -0.3 is 15.4 Å². The molecule has 0 fully saturated rings. The minimum absolute atomic E-state index is 0.205. The molecule has 7 heteroatoms. The molecular formula is C20H19ClN4O2. The molecule has 6 nitrogen and oxygen atoms in total. The summed E-state index contributed by atoms with van der Waals surface area (Å²) in [7, 11) is 1.53. The van der Waals surface area contributed by atoms with Crippen molar-refractivity contribution < 1.29 is 9.53 Å². The van der Waals surface area contributed by atoms with Crippen molar-refractivity contribution in [2.24, 2.45) is 0 Å². The molecule has 3 aromatic rings. The Kier molecular flexibility index (Phi) is 5.88. The van der Waals surface area contributed by atoms with Crippen LogP contribution < -0.4 is 15.4 Å². The Labute approximate surface area is 162 Å². The number of carbonyl (C=O) groups excluding carboxylic acids is 1. The highest BCUT2D eigenvalue weighted by Gasteiger charge is 2.10. The number of nitrogens with zero attached hydrogens (tertiary/aromatic N) is 2. The molecule has 1 amide bonds. The maximum Gasteiger partial charge on any atom is 0.275 e. The predicted molar refractivity (Wildman–Crippen MR) is 107 cm³/mol. The van der Waals surface area contributed by atoms with Gasteiger partial charge >= 0.3 is 0 Å². The summed E-state index contributed by atoms with van der Waals surface area (Å²) in [6.07, 6.45) is 3.86. The van der Waals surface area contributed by atoms with Gasteiger partial charge in [-0.05, 0) is 36.2 Å². The molecule has 0 saturated heterocycles. The summed E-state index contributed by atoms with van der Waals surface area (Å²) < 4.78 is 5.09. The van der Waals surface area contributed by atoms with Gasteiger partial charge in [-0.3, -0.25) is 4.79 Å². The van der Waals surface area contributed by atoms with Crippen LogP contribution in [0.5, 0.6) is 5.75 Å². The first-order valence-electron chi connectivity index (χ1n) is 8.42. The number of aryl methyl sites for hydroxylation is 1. The van der Waals surface area contributed by atoms with Crippen LogP contribution in [-0.2, 0) is 6.42 Å². The lowest BCUT2D eigenvalue weighted by atomic mass is 10.1. The highest BCUT2D eigenvalue weighted by molar-refractivity contribution is 6.32. The monoisotopic (exact) mass is 382 g/mol. The molecule has 0 aliphatic heterocycles. The van der Waals surface area contributed by atoms with Gasteiger partial charge in [0.2, 0.25) is 0 Å². The molecule has 1 heterocycles. The lowest BCUT2D eigenvalue weighted by molar-refractivity contribution is 0.102. The zero-order chi connectivity index (χ0) is 19.2. The van der Waals surface area contributed by atoms with Gasteiger partial charge in [0.25, 0.3) is 5.91 Å². The number of carbonyl (C=O) groups is 1. The molecule has 3 rings (SSSR count). The third-order valence-electron chi connectivity index (χ3n) is 3.96. The van der Waals surface area contributed by atoms with Crippen molar-refractivity contribution in [3.05, 3.63) is 71.1 Å². The fourth-order valence-electron chi connectivity index (χ4n) is 2.54. The van der Waals surface area contributed by atoms with E-state index in [1.54, 1.807) is 18.2 Å². The number of hydrogen-bond acceptors (Lipinski definition) is 5. The van der Waals surface area contributed by atoms with E-state index in [1.165, 1.54) is 25.1 Å². The first-order chi connectivity index (χ1) is 13.1. The minimum Gasteiger partial charge on any atom is -0.495 e. The molecular weight excluding hydrogens is 364 g/mol. The van der Waals surface area contributed by atoms with Crippen molar-refractivity contribution >= 4 is 34.7 Å². The van der Waals surface area contributed by atoms with Gasteiger partial charge in [-0.25, -0.2) is 9.97 Å². The number of anilines is 3. The highest BCUT2D eigenvalue weighted by atomic mass is 35.5. The number of methoxy groups -OCH3 is 1. The molecule has 0 atom stereocenters. The normalized spacial score (nSPS) is 10.3. The third-order valence-corrected chi connectivity index (χ3v) is 4.25. The van der Waals surface area contributed by atoms with E-state index < -0.39 is 0 Å². The van der Waals surface area contributed by atoms with Gasteiger partial charge in [0, 0.05) is 11.4 Å². The molecule has 2 aromatic carbocycles. The van der Waals surface area contributed by atoms with Crippen LogP contribution in [0.15, 0.2) is 54.9 Å². The smallest absolute Gasteiger partial charge is 0.275 e. The number of aromatic nitrogens is 2. The summed E-state index contributed by atoms with van der Waals surface area (Å²) in [5.41, 5.74) is 2.90. The van der Waals surface area contributed by atoms with E-state index in [4.69, 9.17) is 16.3 Å². The number of hydrogen-bond donors (Lipinski definition) is 2. The van der Waals surface area contributed by atoms with Crippen LogP contribution in [0.4, 0.5) is 17.2 Å². The average Bonchev–Trinajstić information content (AvgIpc) is 2.69. The van der Waals surface area contributed by atoms with Crippen LogP contribution >= 0.6 is 11.6 Å². The second-order valence-electron chi connectivity index (χ2n) is 5.73. The van der Waals surface area contributed by atoms with Gasteiger partial charge in [-0.15, -0.1) is 0 Å². The largest absolute Gasteiger partial charge is 0.495 e. The van der Waals surface area contributed by atoms with E-state index in [1.807, 2.05) is 18.2 Å². The average molecular weight is 383 g/mol. The zero-order valence-corrected chi connectivity index (χ0v) is 15.7. The van der Waals surface area contributed by atoms with Crippen molar-refractivity contribution in [2.75, 3.05) is 17.7 Å². The van der Waals surface area contributed by atoms with Crippen LogP contribution in [0.3, 0.4) is 0 Å². The molecule has 2 N–H and O–H groups in total. The summed E-state index contributed by atoms with van der Waals surface area (Å²) in [6, 6.07) is 13.0. The Morgan fingerprint density at radius 3 is 2.63 bits per heavy atom. The number of halogens is 1. The van der Waals surface area contributed by atoms with Crippen LogP contribution in [0.25, 0.3) is 0 Å². The summed E-state index contributed by atoms with van der Waals surface area (Å²) in [6.45, 7) is 2.09. The first-order valence-corrected chi connectivity index (χ1v) is 8.80. The Balaban J connectivity index is 1.69. The predicted octanol–water partition coefficient (Wildman–Crippen LogP) is 4.70. The second-order valence-corrected chi connectivity index (χ2v) is 6.13. The Morgan fingerprint density at radius 1 is 1.15 bits per heavy atom. The van der Waals surface area contributed by atoms with Crippen molar-refractivity contribution in [3.63, 3.8) is 0 Å². The fraction of sp³-hybridized carbons (Fsp3) is 0.150. The molecule has 0 radical (unpaired) electrons. The topological polar surface area (TPSA) is 76.1 Å². The molecule has 0 bridgehead atoms. The molecule has 27 heavy (non-hydrogen) atoms. The van der Waals surface area contributed by atoms with Crippen molar-refractivity contribution in [1.82, 2.24) is 9.97 Å².